The molecule has 31 heavy (non-hydrogen) atoms. The third kappa shape index (κ3) is 6.12. The van der Waals surface area contributed by atoms with E-state index in [1.165, 1.54) is 26.2 Å². The summed E-state index contributed by atoms with van der Waals surface area (Å²) in [6.45, 7) is 1.46. The molecule has 2 aromatic carbocycles. The van der Waals surface area contributed by atoms with Gasteiger partial charge in [0.2, 0.25) is 5.91 Å². The number of thiazole rings is 1. The van der Waals surface area contributed by atoms with Crippen molar-refractivity contribution in [2.24, 2.45) is 0 Å². The lowest BCUT2D eigenvalue weighted by Gasteiger charge is -2.06. The molecule has 10 heteroatoms. The number of ether oxygens (including phenoxy) is 1. The van der Waals surface area contributed by atoms with Crippen LogP contribution in [0.15, 0.2) is 58.8 Å². The van der Waals surface area contributed by atoms with Gasteiger partial charge in [0.1, 0.15) is 5.75 Å². The van der Waals surface area contributed by atoms with E-state index < -0.39 is 10.0 Å². The number of carbonyl (C=O) groups excluding carboxylic acids is 2. The first-order valence-corrected chi connectivity index (χ1v) is 11.7. The highest BCUT2D eigenvalue weighted by molar-refractivity contribution is 7.93. The van der Waals surface area contributed by atoms with Gasteiger partial charge in [-0.2, -0.15) is 0 Å². The Labute approximate surface area is 184 Å². The minimum absolute atomic E-state index is 0.0804. The summed E-state index contributed by atoms with van der Waals surface area (Å²) in [6, 6.07) is 12.7. The van der Waals surface area contributed by atoms with E-state index in [4.69, 9.17) is 4.74 Å². The normalized spacial score (nSPS) is 11.0. The van der Waals surface area contributed by atoms with Crippen molar-refractivity contribution in [1.29, 1.82) is 0 Å². The van der Waals surface area contributed by atoms with Crippen LogP contribution in [0.3, 0.4) is 0 Å². The first-order valence-electron chi connectivity index (χ1n) is 9.29. The number of sulfonamides is 1. The van der Waals surface area contributed by atoms with Crippen LogP contribution in [-0.2, 0) is 21.2 Å². The van der Waals surface area contributed by atoms with Crippen molar-refractivity contribution in [2.75, 3.05) is 17.1 Å². The largest absolute Gasteiger partial charge is 0.497 e. The zero-order chi connectivity index (χ0) is 22.4. The molecular formula is C21H21N3O5S2. The Kier molecular flexibility index (Phi) is 7.03. The maximum absolute atomic E-state index is 12.5. The number of ketones is 1. The van der Waals surface area contributed by atoms with Crippen molar-refractivity contribution in [3.05, 3.63) is 65.2 Å². The first kappa shape index (κ1) is 22.4. The zero-order valence-corrected chi connectivity index (χ0v) is 18.5. The van der Waals surface area contributed by atoms with Gasteiger partial charge < -0.3 is 10.1 Å². The van der Waals surface area contributed by atoms with E-state index in [0.717, 1.165) is 11.3 Å². The molecule has 2 N–H and O–H groups in total. The second-order valence-electron chi connectivity index (χ2n) is 6.61. The second kappa shape index (κ2) is 9.71. The molecule has 0 saturated heterocycles. The number of benzene rings is 2. The van der Waals surface area contributed by atoms with Crippen LogP contribution in [0.25, 0.3) is 0 Å². The van der Waals surface area contributed by atoms with E-state index in [-0.39, 0.29) is 28.1 Å². The van der Waals surface area contributed by atoms with Crippen molar-refractivity contribution in [3.63, 3.8) is 0 Å². The number of hydrogen-bond acceptors (Lipinski definition) is 7. The Hall–Kier alpha value is -3.24. The molecule has 1 amide bonds. The quantitative estimate of drug-likeness (QED) is 0.471. The summed E-state index contributed by atoms with van der Waals surface area (Å²) >= 11 is 1.14. The third-order valence-electron chi connectivity index (χ3n) is 4.30. The van der Waals surface area contributed by atoms with Gasteiger partial charge in [0, 0.05) is 23.1 Å². The van der Waals surface area contributed by atoms with Crippen LogP contribution in [0.5, 0.6) is 5.75 Å². The number of hydrogen-bond donors (Lipinski definition) is 2. The number of methoxy groups -OCH3 is 1. The highest BCUT2D eigenvalue weighted by atomic mass is 32.2. The zero-order valence-electron chi connectivity index (χ0n) is 16.9. The SMILES string of the molecule is COc1ccc(S(=O)(=O)Nc2nc(CCC(=O)Nc3cccc(C(C)=O)c3)cs2)cc1. The molecule has 8 nitrogen and oxygen atoms in total. The molecule has 3 rings (SSSR count). The number of Topliss-reactive ketones (excluding diaryl/α,β-unsaturated/α-hetero) is 1. The second-order valence-corrected chi connectivity index (χ2v) is 9.15. The fourth-order valence-electron chi connectivity index (χ4n) is 2.68. The molecule has 1 heterocycles. The molecule has 0 aliphatic heterocycles. The van der Waals surface area contributed by atoms with Crippen molar-refractivity contribution in [2.45, 2.75) is 24.7 Å². The summed E-state index contributed by atoms with van der Waals surface area (Å²) in [5, 5.41) is 4.67. The summed E-state index contributed by atoms with van der Waals surface area (Å²) in [6.07, 6.45) is 0.512. The van der Waals surface area contributed by atoms with Gasteiger partial charge in [0.25, 0.3) is 10.0 Å². The summed E-state index contributed by atoms with van der Waals surface area (Å²) in [5.41, 5.74) is 1.67. The molecule has 3 aromatic rings. The molecule has 0 saturated carbocycles. The molecule has 0 aliphatic carbocycles. The van der Waals surface area contributed by atoms with E-state index in [1.807, 2.05) is 0 Å². The highest BCUT2D eigenvalue weighted by Crippen LogP contribution is 2.22. The van der Waals surface area contributed by atoms with E-state index in [0.29, 0.717) is 29.1 Å². The van der Waals surface area contributed by atoms with Gasteiger partial charge in [-0.3, -0.25) is 14.3 Å². The molecule has 0 spiro atoms. The monoisotopic (exact) mass is 459 g/mol. The topological polar surface area (TPSA) is 114 Å². The van der Waals surface area contributed by atoms with E-state index in [1.54, 1.807) is 41.8 Å². The molecule has 0 bridgehead atoms. The van der Waals surface area contributed by atoms with Crippen LogP contribution in [0.1, 0.15) is 29.4 Å². The Bertz CT molecular complexity index is 1190. The molecule has 0 atom stereocenters. The van der Waals surface area contributed by atoms with Gasteiger partial charge >= 0.3 is 0 Å². The van der Waals surface area contributed by atoms with E-state index in [2.05, 4.69) is 15.0 Å². The fourth-order valence-corrected chi connectivity index (χ4v) is 4.68. The van der Waals surface area contributed by atoms with Crippen molar-refractivity contribution >= 4 is 43.9 Å². The van der Waals surface area contributed by atoms with E-state index >= 15 is 0 Å². The number of nitrogens with zero attached hydrogens (tertiary/aromatic N) is 1. The van der Waals surface area contributed by atoms with Crippen molar-refractivity contribution in [3.8, 4) is 5.75 Å². The smallest absolute Gasteiger partial charge is 0.263 e. The average molecular weight is 460 g/mol. The van der Waals surface area contributed by atoms with Gasteiger partial charge in [-0.15, -0.1) is 11.3 Å². The standard InChI is InChI=1S/C21H21N3O5S2/c1-14(25)15-4-3-5-16(12-15)22-20(26)11-6-17-13-30-21(23-17)24-31(27,28)19-9-7-18(29-2)8-10-19/h3-5,7-10,12-13H,6,11H2,1-2H3,(H,22,26)(H,23,24). The molecule has 0 unspecified atom stereocenters. The fraction of sp³-hybridized carbons (Fsp3) is 0.190. The summed E-state index contributed by atoms with van der Waals surface area (Å²) in [4.78, 5) is 28.0. The lowest BCUT2D eigenvalue weighted by molar-refractivity contribution is -0.116. The van der Waals surface area contributed by atoms with Crippen LogP contribution in [0.2, 0.25) is 0 Å². The minimum Gasteiger partial charge on any atom is -0.497 e. The number of anilines is 2. The maximum atomic E-state index is 12.5. The molecular weight excluding hydrogens is 438 g/mol. The van der Waals surface area contributed by atoms with Crippen LogP contribution in [0.4, 0.5) is 10.8 Å². The number of nitrogens with one attached hydrogen (secondary N) is 2. The molecule has 0 radical (unpaired) electrons. The number of amides is 1. The number of carbonyl (C=O) groups is 2. The summed E-state index contributed by atoms with van der Waals surface area (Å²) in [5.74, 6) is 0.249. The minimum atomic E-state index is -3.77. The molecule has 1 aromatic heterocycles. The van der Waals surface area contributed by atoms with Crippen LogP contribution in [0, 0.1) is 0 Å². The number of aromatic nitrogens is 1. The van der Waals surface area contributed by atoms with Crippen LogP contribution in [-0.4, -0.2) is 32.2 Å². The summed E-state index contributed by atoms with van der Waals surface area (Å²) < 4.78 is 32.4. The Balaban J connectivity index is 1.56. The Morgan fingerprint density at radius 1 is 1.13 bits per heavy atom. The van der Waals surface area contributed by atoms with Crippen molar-refractivity contribution < 1.29 is 22.7 Å². The summed E-state index contributed by atoms with van der Waals surface area (Å²) in [7, 11) is -2.27. The Morgan fingerprint density at radius 3 is 2.55 bits per heavy atom. The predicted octanol–water partition coefficient (Wildman–Crippen LogP) is 3.73. The predicted molar refractivity (Wildman–Crippen MR) is 119 cm³/mol. The molecule has 0 fully saturated rings. The van der Waals surface area contributed by atoms with Crippen LogP contribution < -0.4 is 14.8 Å². The van der Waals surface area contributed by atoms with Gasteiger partial charge in [0.05, 0.1) is 17.7 Å². The van der Waals surface area contributed by atoms with Crippen molar-refractivity contribution in [1.82, 2.24) is 4.98 Å². The van der Waals surface area contributed by atoms with E-state index in [9.17, 15) is 18.0 Å². The molecule has 162 valence electrons. The highest BCUT2D eigenvalue weighted by Gasteiger charge is 2.16. The van der Waals surface area contributed by atoms with Gasteiger partial charge in [0.15, 0.2) is 10.9 Å². The lowest BCUT2D eigenvalue weighted by atomic mass is 10.1. The first-order chi connectivity index (χ1) is 14.8. The maximum Gasteiger partial charge on any atom is 0.263 e. The lowest BCUT2D eigenvalue weighted by Crippen LogP contribution is -2.13. The molecule has 0 aliphatic rings. The van der Waals surface area contributed by atoms with Gasteiger partial charge in [-0.1, -0.05) is 12.1 Å². The Morgan fingerprint density at radius 2 is 1.87 bits per heavy atom. The number of aryl methyl sites for hydroxylation is 1. The third-order valence-corrected chi connectivity index (χ3v) is 6.59. The average Bonchev–Trinajstić information content (AvgIpc) is 3.19. The van der Waals surface area contributed by atoms with Crippen LogP contribution >= 0.6 is 11.3 Å². The van der Waals surface area contributed by atoms with Gasteiger partial charge in [-0.05, 0) is 49.7 Å². The van der Waals surface area contributed by atoms with Gasteiger partial charge in [-0.25, -0.2) is 13.4 Å². The number of rotatable bonds is 9.